The number of carboxylic acid groups (broad SMARTS) is 1. The highest BCUT2D eigenvalue weighted by Gasteiger charge is 2.41. The Labute approximate surface area is 142 Å². The van der Waals surface area contributed by atoms with E-state index >= 15 is 0 Å². The van der Waals surface area contributed by atoms with Crippen molar-refractivity contribution < 1.29 is 19.1 Å². The summed E-state index contributed by atoms with van der Waals surface area (Å²) < 4.78 is 14.2. The molecule has 1 saturated heterocycles. The van der Waals surface area contributed by atoms with Crippen molar-refractivity contribution in [3.63, 3.8) is 0 Å². The van der Waals surface area contributed by atoms with Crippen LogP contribution in [0.3, 0.4) is 0 Å². The highest BCUT2D eigenvalue weighted by atomic mass is 35.5. The van der Waals surface area contributed by atoms with E-state index < -0.39 is 28.8 Å². The molecule has 2 atom stereocenters. The van der Waals surface area contributed by atoms with E-state index in [9.17, 15) is 14.0 Å². The number of hydrogen-bond acceptors (Lipinski definition) is 5. The number of anilines is 1. The Hall–Kier alpha value is -1.16. The van der Waals surface area contributed by atoms with E-state index in [1.807, 2.05) is 0 Å². The summed E-state index contributed by atoms with van der Waals surface area (Å²) in [5.41, 5.74) is -2.05. The van der Waals surface area contributed by atoms with E-state index in [4.69, 9.17) is 16.7 Å². The number of aromatic carboxylic acids is 1. The minimum Gasteiger partial charge on any atom is -0.478 e. The molecule has 0 bridgehead atoms. The van der Waals surface area contributed by atoms with Crippen LogP contribution in [0, 0.1) is 5.82 Å². The van der Waals surface area contributed by atoms with E-state index in [1.165, 1.54) is 11.9 Å². The minimum absolute atomic E-state index is 0.301. The van der Waals surface area contributed by atoms with Gasteiger partial charge in [-0.05, 0) is 19.2 Å². The van der Waals surface area contributed by atoms with Gasteiger partial charge < -0.3 is 10.0 Å². The number of carbonyl (C=O) groups is 2. The fourth-order valence-electron chi connectivity index (χ4n) is 2.08. The van der Waals surface area contributed by atoms with Crippen molar-refractivity contribution in [2.75, 3.05) is 19.0 Å². The Morgan fingerprint density at radius 3 is 2.45 bits per heavy atom. The fourth-order valence-corrected chi connectivity index (χ4v) is 3.08. The van der Waals surface area contributed by atoms with Crippen molar-refractivity contribution in [2.45, 2.75) is 11.0 Å². The lowest BCUT2D eigenvalue weighted by Crippen LogP contribution is -2.63. The molecular formula is C12H13ClFN3O3S2. The molecule has 2 rings (SSSR count). The van der Waals surface area contributed by atoms with E-state index in [0.29, 0.717) is 0 Å². The maximum absolute atomic E-state index is 14.2. The number of amides is 2. The molecule has 10 heteroatoms. The van der Waals surface area contributed by atoms with E-state index in [0.717, 1.165) is 17.0 Å². The number of nitrogens with zero attached hydrogens (tertiary/aromatic N) is 3. The van der Waals surface area contributed by atoms with Gasteiger partial charge in [-0.15, -0.1) is 25.3 Å². The fraction of sp³-hybridized carbons (Fsp3) is 0.333. The zero-order chi connectivity index (χ0) is 16.8. The third-order valence-corrected chi connectivity index (χ3v) is 5.04. The van der Waals surface area contributed by atoms with Crippen LogP contribution in [0.4, 0.5) is 14.9 Å². The molecule has 0 aliphatic carbocycles. The number of hydrogen-bond donors (Lipinski definition) is 3. The number of halogens is 2. The molecule has 1 aliphatic heterocycles. The van der Waals surface area contributed by atoms with Crippen LogP contribution in [0.25, 0.3) is 0 Å². The van der Waals surface area contributed by atoms with E-state index in [1.54, 1.807) is 11.9 Å². The number of carboxylic acids is 1. The first kappa shape index (κ1) is 17.2. The monoisotopic (exact) mass is 365 g/mol. The van der Waals surface area contributed by atoms with Crippen molar-refractivity contribution >= 4 is 54.5 Å². The van der Waals surface area contributed by atoms with Crippen LogP contribution in [-0.4, -0.2) is 52.0 Å². The van der Waals surface area contributed by atoms with Crippen LogP contribution < -0.4 is 4.90 Å². The van der Waals surface area contributed by atoms with Crippen molar-refractivity contribution in [2.24, 2.45) is 0 Å². The normalized spacial score (nSPS) is 23.1. The molecule has 0 radical (unpaired) electrons. The Bertz CT molecular complexity index is 648. The summed E-state index contributed by atoms with van der Waals surface area (Å²) in [4.78, 5) is 27.4. The summed E-state index contributed by atoms with van der Waals surface area (Å²) in [7, 11) is 3.12. The minimum atomic E-state index is -1.32. The molecule has 1 fully saturated rings. The molecule has 2 amide bonds. The Morgan fingerprint density at radius 2 is 1.91 bits per heavy atom. The predicted molar refractivity (Wildman–Crippen MR) is 87.3 cm³/mol. The van der Waals surface area contributed by atoms with Crippen molar-refractivity contribution in [1.29, 1.82) is 0 Å². The highest BCUT2D eigenvalue weighted by molar-refractivity contribution is 7.81. The van der Waals surface area contributed by atoms with Crippen LogP contribution in [-0.2, 0) is 0 Å². The second-order valence-electron chi connectivity index (χ2n) is 4.68. The molecule has 1 heterocycles. The first-order valence-electron chi connectivity index (χ1n) is 6.03. The largest absolute Gasteiger partial charge is 0.478 e. The lowest BCUT2D eigenvalue weighted by Gasteiger charge is -2.47. The first-order chi connectivity index (χ1) is 10.2. The van der Waals surface area contributed by atoms with Gasteiger partial charge in [0.25, 0.3) is 0 Å². The van der Waals surface area contributed by atoms with Crippen LogP contribution in [0.1, 0.15) is 10.4 Å². The molecule has 22 heavy (non-hydrogen) atoms. The quantitative estimate of drug-likeness (QED) is 0.704. The maximum Gasteiger partial charge on any atom is 0.337 e. The molecule has 0 saturated carbocycles. The van der Waals surface area contributed by atoms with Crippen LogP contribution in [0.5, 0.6) is 0 Å². The Morgan fingerprint density at radius 1 is 1.32 bits per heavy atom. The van der Waals surface area contributed by atoms with Gasteiger partial charge in [0.1, 0.15) is 22.5 Å². The topological polar surface area (TPSA) is 64.1 Å². The van der Waals surface area contributed by atoms with Gasteiger partial charge in [-0.2, -0.15) is 0 Å². The first-order valence-corrected chi connectivity index (χ1v) is 7.45. The molecule has 1 aromatic rings. The number of carbonyl (C=O) groups excluding carboxylic acids is 1. The number of thiol groups is 2. The number of rotatable bonds is 2. The molecule has 1 aromatic carbocycles. The van der Waals surface area contributed by atoms with Gasteiger partial charge in [0.05, 0.1) is 10.6 Å². The van der Waals surface area contributed by atoms with Crippen molar-refractivity contribution in [3.05, 3.63) is 28.5 Å². The SMILES string of the molecule is CN1C(=O)N(c2c(F)ccc(C(=O)O)c2Cl)C(S)N(C)C1S. The molecule has 0 aromatic heterocycles. The molecule has 1 aliphatic rings. The number of urea groups is 1. The van der Waals surface area contributed by atoms with Gasteiger partial charge in [-0.1, -0.05) is 11.6 Å². The standard InChI is InChI=1S/C12H13ClFN3O3S2/c1-15-10(20)17(12(22)16(2)11(15)21)8-6(14)4-3-5(7(8)13)9(18)19/h3-4,11-12,21-22H,1-2H3,(H,18,19). The van der Waals surface area contributed by atoms with Gasteiger partial charge in [-0.25, -0.2) is 18.9 Å². The van der Waals surface area contributed by atoms with E-state index in [-0.39, 0.29) is 16.3 Å². The van der Waals surface area contributed by atoms with Gasteiger partial charge in [0.15, 0.2) is 0 Å². The Balaban J connectivity index is 2.62. The summed E-state index contributed by atoms with van der Waals surface area (Å²) in [6.45, 7) is 0. The molecule has 1 N–H and O–H groups in total. The summed E-state index contributed by atoms with van der Waals surface area (Å²) in [6.07, 6.45) is 0. The summed E-state index contributed by atoms with van der Waals surface area (Å²) in [5, 5.41) is 8.73. The molecule has 120 valence electrons. The lowest BCUT2D eigenvalue weighted by atomic mass is 10.1. The summed E-state index contributed by atoms with van der Waals surface area (Å²) in [6, 6.07) is 1.40. The van der Waals surface area contributed by atoms with Crippen molar-refractivity contribution in [1.82, 2.24) is 9.80 Å². The van der Waals surface area contributed by atoms with Gasteiger partial charge in [-0.3, -0.25) is 4.90 Å². The lowest BCUT2D eigenvalue weighted by molar-refractivity contribution is 0.0696. The molecular weight excluding hydrogens is 353 g/mol. The molecule has 6 nitrogen and oxygen atoms in total. The zero-order valence-corrected chi connectivity index (χ0v) is 14.1. The van der Waals surface area contributed by atoms with E-state index in [2.05, 4.69) is 25.3 Å². The van der Waals surface area contributed by atoms with Gasteiger partial charge in [0, 0.05) is 7.05 Å². The van der Waals surface area contributed by atoms with Crippen molar-refractivity contribution in [3.8, 4) is 0 Å². The van der Waals surface area contributed by atoms with Crippen LogP contribution in [0.2, 0.25) is 5.02 Å². The Kier molecular flexibility index (Phi) is 4.81. The van der Waals surface area contributed by atoms with Crippen LogP contribution in [0.15, 0.2) is 12.1 Å². The smallest absolute Gasteiger partial charge is 0.337 e. The highest BCUT2D eigenvalue weighted by Crippen LogP contribution is 2.38. The van der Waals surface area contributed by atoms with Gasteiger partial charge in [0.2, 0.25) is 0 Å². The summed E-state index contributed by atoms with van der Waals surface area (Å²) >= 11 is 14.5. The third-order valence-electron chi connectivity index (χ3n) is 3.35. The maximum atomic E-state index is 14.2. The average Bonchev–Trinajstić information content (AvgIpc) is 2.46. The predicted octanol–water partition coefficient (Wildman–Crippen LogP) is 2.41. The second-order valence-corrected chi connectivity index (χ2v) is 5.99. The molecule has 0 spiro atoms. The third kappa shape index (κ3) is 2.62. The van der Waals surface area contributed by atoms with Crippen LogP contribution >= 0.6 is 36.9 Å². The summed E-state index contributed by atoms with van der Waals surface area (Å²) in [5.74, 6) is -2.14. The number of benzene rings is 1. The zero-order valence-electron chi connectivity index (χ0n) is 11.6. The average molecular weight is 366 g/mol. The van der Waals surface area contributed by atoms with Gasteiger partial charge >= 0.3 is 12.0 Å². The molecule has 2 unspecified atom stereocenters. The second kappa shape index (κ2) is 6.15.